The van der Waals surface area contributed by atoms with Gasteiger partial charge in [0.05, 0.1) is 6.61 Å². The van der Waals surface area contributed by atoms with E-state index >= 15 is 0 Å². The molecule has 1 aliphatic heterocycles. The molecule has 0 bridgehead atoms. The van der Waals surface area contributed by atoms with Crippen molar-refractivity contribution < 1.29 is 9.47 Å². The summed E-state index contributed by atoms with van der Waals surface area (Å²) in [5.74, 6) is 0. The van der Waals surface area contributed by atoms with Gasteiger partial charge in [0.25, 0.3) is 0 Å². The number of hydrogen-bond donors (Lipinski definition) is 0. The second-order valence-electron chi connectivity index (χ2n) is 2.43. The highest BCUT2D eigenvalue weighted by atomic mass is 16.7. The van der Waals surface area contributed by atoms with Gasteiger partial charge in [-0.3, -0.25) is 4.90 Å². The van der Waals surface area contributed by atoms with Gasteiger partial charge in [-0.25, -0.2) is 0 Å². The SMILES string of the molecule is CCN1CCOC(OC)C1. The molecular weight excluding hydrogens is 130 g/mol. The largest absolute Gasteiger partial charge is 0.355 e. The average molecular weight is 145 g/mol. The van der Waals surface area contributed by atoms with Crippen LogP contribution < -0.4 is 0 Å². The average Bonchev–Trinajstić information content (AvgIpc) is 2.05. The summed E-state index contributed by atoms with van der Waals surface area (Å²) in [6.45, 7) is 5.98. The van der Waals surface area contributed by atoms with Crippen molar-refractivity contribution in [2.45, 2.75) is 13.2 Å². The topological polar surface area (TPSA) is 21.7 Å². The zero-order chi connectivity index (χ0) is 7.40. The van der Waals surface area contributed by atoms with Crippen LogP contribution in [-0.4, -0.2) is 44.5 Å². The van der Waals surface area contributed by atoms with Crippen molar-refractivity contribution in [1.82, 2.24) is 4.90 Å². The Bertz CT molecular complexity index is 87.6. The molecule has 0 radical (unpaired) electrons. The fraction of sp³-hybridized carbons (Fsp3) is 1.00. The highest BCUT2D eigenvalue weighted by molar-refractivity contribution is 4.62. The van der Waals surface area contributed by atoms with E-state index in [9.17, 15) is 0 Å². The summed E-state index contributed by atoms with van der Waals surface area (Å²) in [6, 6.07) is 0. The molecule has 0 aliphatic carbocycles. The molecule has 3 heteroatoms. The molecular formula is C7H15NO2. The summed E-state index contributed by atoms with van der Waals surface area (Å²) in [5, 5.41) is 0. The number of nitrogens with zero attached hydrogens (tertiary/aromatic N) is 1. The fourth-order valence-corrected chi connectivity index (χ4v) is 1.10. The lowest BCUT2D eigenvalue weighted by molar-refractivity contribution is -0.163. The molecule has 0 saturated carbocycles. The van der Waals surface area contributed by atoms with Gasteiger partial charge < -0.3 is 9.47 Å². The summed E-state index contributed by atoms with van der Waals surface area (Å²) in [5.41, 5.74) is 0. The van der Waals surface area contributed by atoms with Gasteiger partial charge in [0.15, 0.2) is 6.29 Å². The van der Waals surface area contributed by atoms with Gasteiger partial charge >= 0.3 is 0 Å². The Kier molecular flexibility index (Phi) is 3.12. The first kappa shape index (κ1) is 7.98. The van der Waals surface area contributed by atoms with Crippen molar-refractivity contribution in [3.8, 4) is 0 Å². The lowest BCUT2D eigenvalue weighted by Gasteiger charge is -2.30. The predicted octanol–water partition coefficient (Wildman–Crippen LogP) is 0.311. The minimum atomic E-state index is -0.00583. The zero-order valence-corrected chi connectivity index (χ0v) is 6.67. The van der Waals surface area contributed by atoms with Crippen LogP contribution in [0.25, 0.3) is 0 Å². The molecule has 0 aromatic carbocycles. The van der Waals surface area contributed by atoms with Crippen molar-refractivity contribution in [3.63, 3.8) is 0 Å². The smallest absolute Gasteiger partial charge is 0.169 e. The van der Waals surface area contributed by atoms with Crippen LogP contribution in [-0.2, 0) is 9.47 Å². The second-order valence-corrected chi connectivity index (χ2v) is 2.43. The first-order valence-corrected chi connectivity index (χ1v) is 3.73. The lowest BCUT2D eigenvalue weighted by Crippen LogP contribution is -2.42. The Balaban J connectivity index is 2.25. The second kappa shape index (κ2) is 3.91. The van der Waals surface area contributed by atoms with E-state index in [0.717, 1.165) is 26.2 Å². The molecule has 0 N–H and O–H groups in total. The van der Waals surface area contributed by atoms with Crippen molar-refractivity contribution >= 4 is 0 Å². The number of methoxy groups -OCH3 is 1. The maximum Gasteiger partial charge on any atom is 0.169 e. The van der Waals surface area contributed by atoms with Crippen LogP contribution in [0.4, 0.5) is 0 Å². The summed E-state index contributed by atoms with van der Waals surface area (Å²) in [4.78, 5) is 2.32. The Morgan fingerprint density at radius 2 is 2.50 bits per heavy atom. The van der Waals surface area contributed by atoms with Gasteiger partial charge in [-0.1, -0.05) is 6.92 Å². The summed E-state index contributed by atoms with van der Waals surface area (Å²) >= 11 is 0. The maximum absolute atomic E-state index is 5.30. The number of likely N-dealkylation sites (N-methyl/N-ethyl adjacent to an activating group) is 1. The van der Waals surface area contributed by atoms with Crippen LogP contribution in [0.1, 0.15) is 6.92 Å². The van der Waals surface area contributed by atoms with E-state index in [2.05, 4.69) is 11.8 Å². The number of hydrogen-bond acceptors (Lipinski definition) is 3. The van der Waals surface area contributed by atoms with Crippen molar-refractivity contribution in [2.75, 3.05) is 33.4 Å². The van der Waals surface area contributed by atoms with Gasteiger partial charge in [0.2, 0.25) is 0 Å². The van der Waals surface area contributed by atoms with Crippen LogP contribution in [0.3, 0.4) is 0 Å². The maximum atomic E-state index is 5.30. The number of morpholine rings is 1. The molecule has 1 aliphatic rings. The highest BCUT2D eigenvalue weighted by Crippen LogP contribution is 2.03. The normalized spacial score (nSPS) is 28.8. The molecule has 1 atom stereocenters. The Hall–Kier alpha value is -0.120. The standard InChI is InChI=1S/C7H15NO2/c1-3-8-4-5-10-7(6-8)9-2/h7H,3-6H2,1-2H3. The number of rotatable bonds is 2. The van der Waals surface area contributed by atoms with Crippen LogP contribution >= 0.6 is 0 Å². The fourth-order valence-electron chi connectivity index (χ4n) is 1.10. The van der Waals surface area contributed by atoms with E-state index in [1.165, 1.54) is 0 Å². The molecule has 3 nitrogen and oxygen atoms in total. The van der Waals surface area contributed by atoms with Crippen molar-refractivity contribution in [3.05, 3.63) is 0 Å². The van der Waals surface area contributed by atoms with Gasteiger partial charge in [0.1, 0.15) is 0 Å². The first-order chi connectivity index (χ1) is 4.86. The molecule has 1 saturated heterocycles. The van der Waals surface area contributed by atoms with E-state index in [-0.39, 0.29) is 6.29 Å². The zero-order valence-electron chi connectivity index (χ0n) is 6.67. The third-order valence-corrected chi connectivity index (χ3v) is 1.83. The van der Waals surface area contributed by atoms with E-state index in [0.29, 0.717) is 0 Å². The van der Waals surface area contributed by atoms with E-state index in [1.807, 2.05) is 0 Å². The van der Waals surface area contributed by atoms with Crippen molar-refractivity contribution in [2.24, 2.45) is 0 Å². The van der Waals surface area contributed by atoms with Gasteiger partial charge in [-0.15, -0.1) is 0 Å². The number of ether oxygens (including phenoxy) is 2. The molecule has 60 valence electrons. The van der Waals surface area contributed by atoms with Crippen molar-refractivity contribution in [1.29, 1.82) is 0 Å². The predicted molar refractivity (Wildman–Crippen MR) is 38.9 cm³/mol. The molecule has 1 fully saturated rings. The van der Waals surface area contributed by atoms with E-state index < -0.39 is 0 Å². The van der Waals surface area contributed by atoms with Gasteiger partial charge in [-0.2, -0.15) is 0 Å². The van der Waals surface area contributed by atoms with Gasteiger partial charge in [-0.05, 0) is 6.54 Å². The molecule has 1 unspecified atom stereocenters. The van der Waals surface area contributed by atoms with Crippen LogP contribution in [0.2, 0.25) is 0 Å². The molecule has 0 spiro atoms. The summed E-state index contributed by atoms with van der Waals surface area (Å²) < 4.78 is 10.4. The third kappa shape index (κ3) is 1.94. The Morgan fingerprint density at radius 3 is 3.10 bits per heavy atom. The minimum absolute atomic E-state index is 0.00583. The third-order valence-electron chi connectivity index (χ3n) is 1.83. The molecule has 0 aromatic heterocycles. The van der Waals surface area contributed by atoms with E-state index in [4.69, 9.17) is 9.47 Å². The molecule has 1 rings (SSSR count). The lowest BCUT2D eigenvalue weighted by atomic mass is 10.4. The van der Waals surface area contributed by atoms with Crippen LogP contribution in [0, 0.1) is 0 Å². The molecule has 1 heterocycles. The molecule has 0 amide bonds. The monoisotopic (exact) mass is 145 g/mol. The molecule has 10 heavy (non-hydrogen) atoms. The Labute approximate surface area is 61.9 Å². The molecule has 0 aromatic rings. The highest BCUT2D eigenvalue weighted by Gasteiger charge is 2.17. The Morgan fingerprint density at radius 1 is 1.70 bits per heavy atom. The summed E-state index contributed by atoms with van der Waals surface area (Å²) in [7, 11) is 1.68. The van der Waals surface area contributed by atoms with Crippen LogP contribution in [0.5, 0.6) is 0 Å². The summed E-state index contributed by atoms with van der Waals surface area (Å²) in [6.07, 6.45) is -0.00583. The minimum Gasteiger partial charge on any atom is -0.355 e. The quantitative estimate of drug-likeness (QED) is 0.558. The van der Waals surface area contributed by atoms with E-state index in [1.54, 1.807) is 7.11 Å². The first-order valence-electron chi connectivity index (χ1n) is 3.73. The van der Waals surface area contributed by atoms with Gasteiger partial charge in [0, 0.05) is 20.2 Å². The van der Waals surface area contributed by atoms with Crippen LogP contribution in [0.15, 0.2) is 0 Å².